The number of anilines is 2. The van der Waals surface area contributed by atoms with Crippen molar-refractivity contribution in [3.63, 3.8) is 0 Å². The molecule has 3 rings (SSSR count). The van der Waals surface area contributed by atoms with Crippen molar-refractivity contribution in [1.82, 2.24) is 4.90 Å². The summed E-state index contributed by atoms with van der Waals surface area (Å²) in [6.07, 6.45) is 0.932. The fourth-order valence-corrected chi connectivity index (χ4v) is 4.15. The number of amides is 1. The predicted octanol–water partition coefficient (Wildman–Crippen LogP) is 4.24. The molecule has 2 N–H and O–H groups in total. The maximum Gasteiger partial charge on any atom is 0.261 e. The largest absolute Gasteiger partial charge is 0.494 e. The van der Waals surface area contributed by atoms with Crippen molar-refractivity contribution in [2.24, 2.45) is 0 Å². The lowest BCUT2D eigenvalue weighted by atomic mass is 10.1. The van der Waals surface area contributed by atoms with Crippen molar-refractivity contribution in [2.45, 2.75) is 18.2 Å². The van der Waals surface area contributed by atoms with E-state index in [0.717, 1.165) is 13.0 Å². The summed E-state index contributed by atoms with van der Waals surface area (Å²) in [5.74, 6) is 0.360. The van der Waals surface area contributed by atoms with Crippen molar-refractivity contribution >= 4 is 27.3 Å². The number of nitrogens with one attached hydrogen (secondary N) is 2. The Hall–Kier alpha value is -3.36. The molecule has 8 heteroatoms. The lowest BCUT2D eigenvalue weighted by Crippen LogP contribution is -2.15. The van der Waals surface area contributed by atoms with Crippen molar-refractivity contribution in [2.75, 3.05) is 37.3 Å². The van der Waals surface area contributed by atoms with Gasteiger partial charge in [0.15, 0.2) is 0 Å². The molecule has 0 unspecified atom stereocenters. The van der Waals surface area contributed by atoms with E-state index < -0.39 is 10.0 Å². The van der Waals surface area contributed by atoms with Crippen molar-refractivity contribution in [3.05, 3.63) is 83.9 Å². The van der Waals surface area contributed by atoms with Gasteiger partial charge in [-0.3, -0.25) is 9.52 Å². The number of likely N-dealkylation sites (N-methyl/N-ethyl adjacent to an activating group) is 1. The highest BCUT2D eigenvalue weighted by Crippen LogP contribution is 2.20. The summed E-state index contributed by atoms with van der Waals surface area (Å²) < 4.78 is 33.2. The first-order valence-corrected chi connectivity index (χ1v) is 12.2. The molecule has 0 bridgehead atoms. The zero-order valence-electron chi connectivity index (χ0n) is 19.0. The summed E-state index contributed by atoms with van der Waals surface area (Å²) in [7, 11) is 0.276. The van der Waals surface area contributed by atoms with Crippen LogP contribution in [0.2, 0.25) is 0 Å². The molecule has 0 radical (unpaired) electrons. The maximum absolute atomic E-state index is 12.7. The van der Waals surface area contributed by atoms with Gasteiger partial charge < -0.3 is 15.0 Å². The number of carbonyl (C=O) groups is 1. The average molecular weight is 468 g/mol. The van der Waals surface area contributed by atoms with Crippen LogP contribution >= 0.6 is 0 Å². The first-order valence-electron chi connectivity index (χ1n) is 10.7. The van der Waals surface area contributed by atoms with Crippen LogP contribution in [0, 0.1) is 0 Å². The van der Waals surface area contributed by atoms with E-state index in [1.807, 2.05) is 45.3 Å². The zero-order chi connectivity index (χ0) is 23.8. The third-order valence-corrected chi connectivity index (χ3v) is 6.30. The molecule has 0 aliphatic rings. The molecular weight excluding hydrogens is 438 g/mol. The van der Waals surface area contributed by atoms with E-state index in [2.05, 4.69) is 14.9 Å². The van der Waals surface area contributed by atoms with Gasteiger partial charge >= 0.3 is 0 Å². The minimum atomic E-state index is -3.78. The molecule has 0 saturated carbocycles. The summed E-state index contributed by atoms with van der Waals surface area (Å²) >= 11 is 0. The van der Waals surface area contributed by atoms with E-state index in [9.17, 15) is 13.2 Å². The molecule has 0 aliphatic carbocycles. The third-order valence-electron chi connectivity index (χ3n) is 4.90. The van der Waals surface area contributed by atoms with E-state index in [4.69, 9.17) is 4.74 Å². The van der Waals surface area contributed by atoms with Crippen LogP contribution in [0.15, 0.2) is 77.7 Å². The van der Waals surface area contributed by atoms with Gasteiger partial charge in [-0.2, -0.15) is 0 Å². The Morgan fingerprint density at radius 1 is 0.879 bits per heavy atom. The van der Waals surface area contributed by atoms with Crippen LogP contribution in [0.5, 0.6) is 5.75 Å². The number of hydrogen-bond donors (Lipinski definition) is 2. The van der Waals surface area contributed by atoms with Crippen LogP contribution in [-0.4, -0.2) is 46.5 Å². The van der Waals surface area contributed by atoms with Crippen molar-refractivity contribution in [3.8, 4) is 5.75 Å². The van der Waals surface area contributed by atoms with Gasteiger partial charge in [-0.25, -0.2) is 8.42 Å². The number of nitrogens with zero attached hydrogens (tertiary/aromatic N) is 1. The van der Waals surface area contributed by atoms with Crippen LogP contribution in [0.3, 0.4) is 0 Å². The summed E-state index contributed by atoms with van der Waals surface area (Å²) in [4.78, 5) is 14.7. The van der Waals surface area contributed by atoms with E-state index in [1.165, 1.54) is 29.8 Å². The second kappa shape index (κ2) is 11.0. The fourth-order valence-electron chi connectivity index (χ4n) is 3.10. The topological polar surface area (TPSA) is 87.7 Å². The number of hydrogen-bond acceptors (Lipinski definition) is 5. The highest BCUT2D eigenvalue weighted by molar-refractivity contribution is 7.92. The highest BCUT2D eigenvalue weighted by Gasteiger charge is 2.15. The van der Waals surface area contributed by atoms with Crippen LogP contribution in [-0.2, 0) is 16.4 Å². The van der Waals surface area contributed by atoms with Gasteiger partial charge in [0.1, 0.15) is 5.75 Å². The minimum absolute atomic E-state index is 0.0678. The molecule has 0 aliphatic heterocycles. The molecule has 174 valence electrons. The third kappa shape index (κ3) is 7.06. The molecule has 3 aromatic rings. The fraction of sp³-hybridized carbons (Fsp3) is 0.240. The van der Waals surface area contributed by atoms with Gasteiger partial charge in [-0.15, -0.1) is 0 Å². The Balaban J connectivity index is 1.62. The van der Waals surface area contributed by atoms with E-state index >= 15 is 0 Å². The second-order valence-electron chi connectivity index (χ2n) is 7.79. The Morgan fingerprint density at radius 3 is 2.06 bits per heavy atom. The summed E-state index contributed by atoms with van der Waals surface area (Å²) in [6, 6.07) is 20.2. The van der Waals surface area contributed by atoms with Crippen molar-refractivity contribution in [1.29, 1.82) is 0 Å². The van der Waals surface area contributed by atoms with Crippen LogP contribution in [0.4, 0.5) is 11.4 Å². The van der Waals surface area contributed by atoms with Gasteiger partial charge in [0.2, 0.25) is 0 Å². The number of carbonyl (C=O) groups excluding carboxylic acids is 1. The molecule has 3 aromatic carbocycles. The van der Waals surface area contributed by atoms with Gasteiger partial charge in [0.25, 0.3) is 15.9 Å². The summed E-state index contributed by atoms with van der Waals surface area (Å²) in [6.45, 7) is 3.37. The Morgan fingerprint density at radius 2 is 1.48 bits per heavy atom. The number of sulfonamides is 1. The first-order chi connectivity index (χ1) is 15.8. The molecule has 7 nitrogen and oxygen atoms in total. The molecule has 0 spiro atoms. The lowest BCUT2D eigenvalue weighted by molar-refractivity contribution is 0.102. The van der Waals surface area contributed by atoms with E-state index in [0.29, 0.717) is 29.3 Å². The van der Waals surface area contributed by atoms with Gasteiger partial charge in [-0.05, 0) is 93.7 Å². The molecular formula is C25H29N3O4S. The smallest absolute Gasteiger partial charge is 0.261 e. The van der Waals surface area contributed by atoms with Gasteiger partial charge in [0.05, 0.1) is 11.5 Å². The summed E-state index contributed by atoms with van der Waals surface area (Å²) in [5.41, 5.74) is 2.67. The number of benzene rings is 3. The quantitative estimate of drug-likeness (QED) is 0.466. The molecule has 0 atom stereocenters. The normalized spacial score (nSPS) is 11.3. The van der Waals surface area contributed by atoms with Crippen LogP contribution in [0.1, 0.15) is 22.8 Å². The average Bonchev–Trinajstić information content (AvgIpc) is 2.80. The van der Waals surface area contributed by atoms with E-state index in [-0.39, 0.29) is 10.8 Å². The highest BCUT2D eigenvalue weighted by atomic mass is 32.2. The minimum Gasteiger partial charge on any atom is -0.494 e. The Bertz CT molecular complexity index is 1160. The van der Waals surface area contributed by atoms with Crippen molar-refractivity contribution < 1.29 is 17.9 Å². The maximum atomic E-state index is 12.7. The first kappa shape index (κ1) is 24.3. The lowest BCUT2D eigenvalue weighted by Gasteiger charge is -2.11. The standard InChI is InChI=1S/C25H29N3O4S/c1-4-32-23-13-11-22(12-14-23)27-33(30,31)24-15-7-20(8-16-24)25(29)26-21-9-5-19(6-10-21)17-18-28(2)3/h5-16,27H,4,17-18H2,1-3H3,(H,26,29). The second-order valence-corrected chi connectivity index (χ2v) is 9.47. The Kier molecular flexibility index (Phi) is 8.08. The summed E-state index contributed by atoms with van der Waals surface area (Å²) in [5, 5.41) is 2.84. The molecule has 33 heavy (non-hydrogen) atoms. The van der Waals surface area contributed by atoms with Crippen LogP contribution < -0.4 is 14.8 Å². The number of rotatable bonds is 10. The molecule has 0 heterocycles. The van der Waals surface area contributed by atoms with Crippen LogP contribution in [0.25, 0.3) is 0 Å². The number of ether oxygens (including phenoxy) is 1. The predicted molar refractivity (Wildman–Crippen MR) is 132 cm³/mol. The van der Waals surface area contributed by atoms with E-state index in [1.54, 1.807) is 24.3 Å². The monoisotopic (exact) mass is 467 g/mol. The zero-order valence-corrected chi connectivity index (χ0v) is 19.9. The molecule has 0 aromatic heterocycles. The molecule has 0 saturated heterocycles. The Labute approximate surface area is 195 Å². The van der Waals surface area contributed by atoms with Gasteiger partial charge in [0, 0.05) is 23.5 Å². The molecule has 1 amide bonds. The van der Waals surface area contributed by atoms with Gasteiger partial charge in [-0.1, -0.05) is 12.1 Å². The molecule has 0 fully saturated rings. The SMILES string of the molecule is CCOc1ccc(NS(=O)(=O)c2ccc(C(=O)Nc3ccc(CCN(C)C)cc3)cc2)cc1.